The number of hydrogen-bond acceptors (Lipinski definition) is 5. The van der Waals surface area contributed by atoms with Crippen molar-refractivity contribution in [2.24, 2.45) is 5.92 Å². The van der Waals surface area contributed by atoms with Gasteiger partial charge in [0.1, 0.15) is 17.2 Å². The monoisotopic (exact) mass is 588 g/mol. The Bertz CT molecular complexity index is 1800. The van der Waals surface area contributed by atoms with Gasteiger partial charge in [0.2, 0.25) is 5.91 Å². The minimum absolute atomic E-state index is 0.0255. The zero-order valence-electron chi connectivity index (χ0n) is 23.7. The minimum Gasteiger partial charge on any atom is -0.491 e. The fraction of sp³-hybridized carbons (Fsp3) is 0.194. The number of carbonyl (C=O) groups is 3. The largest absolute Gasteiger partial charge is 0.491 e. The van der Waals surface area contributed by atoms with Crippen LogP contribution in [0.3, 0.4) is 0 Å². The molecule has 3 aliphatic heterocycles. The van der Waals surface area contributed by atoms with Crippen LogP contribution in [-0.2, 0) is 10.2 Å². The predicted octanol–water partition coefficient (Wildman–Crippen LogP) is 7.11. The number of rotatable bonds is 6. The average Bonchev–Trinajstić information content (AvgIpc) is 3.49. The first-order valence-corrected chi connectivity index (χ1v) is 14.7. The van der Waals surface area contributed by atoms with Crippen molar-refractivity contribution >= 4 is 40.8 Å². The van der Waals surface area contributed by atoms with Crippen LogP contribution in [0.5, 0.6) is 5.75 Å². The minimum atomic E-state index is -1.38. The highest BCUT2D eigenvalue weighted by Gasteiger charge is 2.70. The maximum absolute atomic E-state index is 14.9. The van der Waals surface area contributed by atoms with E-state index in [0.29, 0.717) is 33.1 Å². The molecule has 0 unspecified atom stereocenters. The first kappa shape index (κ1) is 27.2. The van der Waals surface area contributed by atoms with E-state index >= 15 is 0 Å². The Kier molecular flexibility index (Phi) is 6.47. The van der Waals surface area contributed by atoms with Gasteiger partial charge in [-0.1, -0.05) is 54.1 Å². The molecule has 0 bridgehead atoms. The van der Waals surface area contributed by atoms with E-state index in [1.165, 1.54) is 0 Å². The number of anilines is 1. The molecule has 3 aliphatic rings. The Balaban J connectivity index is 1.48. The Morgan fingerprint density at radius 1 is 0.860 bits per heavy atom. The molecule has 0 radical (unpaired) electrons. The molecule has 1 saturated heterocycles. The molecule has 4 aromatic carbocycles. The molecule has 7 heteroatoms. The van der Waals surface area contributed by atoms with Crippen LogP contribution in [0.25, 0.3) is 6.08 Å². The van der Waals surface area contributed by atoms with Crippen molar-refractivity contribution in [2.75, 3.05) is 5.32 Å². The van der Waals surface area contributed by atoms with E-state index in [-0.39, 0.29) is 23.6 Å². The summed E-state index contributed by atoms with van der Waals surface area (Å²) in [4.78, 5) is 45.9. The summed E-state index contributed by atoms with van der Waals surface area (Å²) in [7, 11) is 0. The summed E-state index contributed by atoms with van der Waals surface area (Å²) in [6.07, 6.45) is 3.79. The van der Waals surface area contributed by atoms with Crippen LogP contribution >= 0.6 is 11.6 Å². The maximum Gasteiger partial charge on any atom is 0.238 e. The van der Waals surface area contributed by atoms with Gasteiger partial charge in [-0.25, -0.2) is 0 Å². The number of hydrogen-bond donors (Lipinski definition) is 1. The molecule has 6 nitrogen and oxygen atoms in total. The molecule has 3 heterocycles. The lowest BCUT2D eigenvalue weighted by Gasteiger charge is -2.38. The van der Waals surface area contributed by atoms with E-state index in [2.05, 4.69) is 5.32 Å². The number of fused-ring (bicyclic) bond motifs is 6. The second-order valence-corrected chi connectivity index (χ2v) is 11.9. The Labute approximate surface area is 254 Å². The number of para-hydroxylation sites is 1. The van der Waals surface area contributed by atoms with Gasteiger partial charge in [0, 0.05) is 28.0 Å². The summed E-state index contributed by atoms with van der Waals surface area (Å²) in [6.45, 7) is 3.87. The van der Waals surface area contributed by atoms with Crippen LogP contribution in [0.4, 0.5) is 5.69 Å². The summed E-state index contributed by atoms with van der Waals surface area (Å²) >= 11 is 6.17. The highest BCUT2D eigenvalue weighted by Crippen LogP contribution is 2.62. The van der Waals surface area contributed by atoms with Gasteiger partial charge < -0.3 is 15.0 Å². The first-order valence-electron chi connectivity index (χ1n) is 14.4. The Morgan fingerprint density at radius 2 is 1.51 bits per heavy atom. The highest BCUT2D eigenvalue weighted by molar-refractivity contribution is 6.30. The zero-order chi connectivity index (χ0) is 29.9. The van der Waals surface area contributed by atoms with Crippen molar-refractivity contribution in [3.63, 3.8) is 0 Å². The van der Waals surface area contributed by atoms with Gasteiger partial charge in [0.25, 0.3) is 0 Å². The van der Waals surface area contributed by atoms with Gasteiger partial charge in [-0.2, -0.15) is 0 Å². The second-order valence-electron chi connectivity index (χ2n) is 11.5. The van der Waals surface area contributed by atoms with E-state index < -0.39 is 23.4 Å². The number of amides is 1. The Morgan fingerprint density at radius 3 is 2.26 bits per heavy atom. The van der Waals surface area contributed by atoms with Crippen LogP contribution in [0.1, 0.15) is 57.3 Å². The van der Waals surface area contributed by atoms with Crippen LogP contribution in [-0.4, -0.2) is 34.5 Å². The van der Waals surface area contributed by atoms with Gasteiger partial charge in [0.05, 0.1) is 18.1 Å². The number of nitrogens with one attached hydrogen (secondary N) is 1. The molecular weight excluding hydrogens is 560 g/mol. The number of ether oxygens (including phenoxy) is 1. The summed E-state index contributed by atoms with van der Waals surface area (Å²) in [5.41, 5.74) is 2.64. The maximum atomic E-state index is 14.9. The van der Waals surface area contributed by atoms with E-state index in [1.54, 1.807) is 48.5 Å². The molecule has 4 aromatic rings. The quantitative estimate of drug-likeness (QED) is 0.243. The summed E-state index contributed by atoms with van der Waals surface area (Å²) in [5.74, 6) is -1.23. The number of nitrogens with zero attached hydrogens (tertiary/aromatic N) is 1. The fourth-order valence-corrected chi connectivity index (χ4v) is 7.23. The summed E-state index contributed by atoms with van der Waals surface area (Å²) in [6, 6.07) is 27.4. The molecule has 1 fully saturated rings. The van der Waals surface area contributed by atoms with Gasteiger partial charge in [-0.05, 0) is 91.2 Å². The molecule has 1 amide bonds. The van der Waals surface area contributed by atoms with Crippen molar-refractivity contribution in [3.8, 4) is 5.75 Å². The normalized spacial score (nSPS) is 23.1. The third kappa shape index (κ3) is 4.12. The molecule has 0 saturated carbocycles. The molecule has 4 atom stereocenters. The lowest BCUT2D eigenvalue weighted by atomic mass is 9.62. The molecular formula is C36H29ClN2O4. The number of benzene rings is 4. The van der Waals surface area contributed by atoms with Crippen LogP contribution in [0.15, 0.2) is 103 Å². The molecule has 7 rings (SSSR count). The third-order valence-corrected chi connectivity index (χ3v) is 9.01. The van der Waals surface area contributed by atoms with Gasteiger partial charge in [0.15, 0.2) is 11.6 Å². The summed E-state index contributed by atoms with van der Waals surface area (Å²) < 4.78 is 5.82. The van der Waals surface area contributed by atoms with Crippen molar-refractivity contribution in [1.29, 1.82) is 0 Å². The van der Waals surface area contributed by atoms with E-state index in [9.17, 15) is 14.4 Å². The topological polar surface area (TPSA) is 75.7 Å². The first-order chi connectivity index (χ1) is 20.8. The van der Waals surface area contributed by atoms with Gasteiger partial charge >= 0.3 is 0 Å². The van der Waals surface area contributed by atoms with Gasteiger partial charge in [-0.15, -0.1) is 0 Å². The van der Waals surface area contributed by atoms with E-state index in [0.717, 1.165) is 11.1 Å². The molecule has 0 aromatic heterocycles. The number of Topliss-reactive ketones (excluding diaryl/α,β-unsaturated/α-hetero) is 2. The molecule has 1 N–H and O–H groups in total. The number of halogens is 1. The number of carbonyl (C=O) groups excluding carboxylic acids is 3. The van der Waals surface area contributed by atoms with Crippen molar-refractivity contribution in [3.05, 3.63) is 136 Å². The van der Waals surface area contributed by atoms with Crippen molar-refractivity contribution in [2.45, 2.75) is 37.5 Å². The Hall–Kier alpha value is -4.68. The smallest absolute Gasteiger partial charge is 0.238 e. The molecule has 43 heavy (non-hydrogen) atoms. The van der Waals surface area contributed by atoms with Crippen molar-refractivity contribution in [1.82, 2.24) is 4.90 Å². The standard InChI is InChI=1S/C36H29ClN2O4/c1-21(2)43-26-17-13-23(14-18-26)32(40)30-31(33(41)24-11-15-25(37)16-12-24)39-20-19-22-7-3-4-8-27(22)34(39)36(30)28-9-5-6-10-29(28)38-35(36)42/h3-21,30-31,34H,1-2H3,(H,38,42)/t30-,31+,34+,36-/m0/s1. The zero-order valence-corrected chi connectivity index (χ0v) is 24.4. The highest BCUT2D eigenvalue weighted by atomic mass is 35.5. The van der Waals surface area contributed by atoms with Crippen molar-refractivity contribution < 1.29 is 19.1 Å². The molecule has 0 aliphatic carbocycles. The predicted molar refractivity (Wildman–Crippen MR) is 166 cm³/mol. The van der Waals surface area contributed by atoms with Crippen LogP contribution in [0, 0.1) is 5.92 Å². The van der Waals surface area contributed by atoms with Gasteiger partial charge in [-0.3, -0.25) is 14.4 Å². The average molecular weight is 589 g/mol. The molecule has 214 valence electrons. The lowest BCUT2D eigenvalue weighted by Crippen LogP contribution is -2.49. The second kappa shape index (κ2) is 10.2. The lowest BCUT2D eigenvalue weighted by molar-refractivity contribution is -0.122. The third-order valence-electron chi connectivity index (χ3n) is 8.76. The SMILES string of the molecule is CC(C)Oc1ccc(C(=O)[C@@H]2[C@H](C(=O)c3ccc(Cl)cc3)N3C=Cc4ccccc4[C@@H]3[C@@]23C(=O)Nc2ccccc23)cc1. The fourth-order valence-electron chi connectivity index (χ4n) is 7.10. The van der Waals surface area contributed by atoms with E-state index in [1.807, 2.05) is 79.6 Å². The number of ketones is 2. The van der Waals surface area contributed by atoms with Crippen LogP contribution in [0.2, 0.25) is 5.02 Å². The van der Waals surface area contributed by atoms with Crippen LogP contribution < -0.4 is 10.1 Å². The summed E-state index contributed by atoms with van der Waals surface area (Å²) in [5, 5.41) is 3.58. The molecule has 1 spiro atoms. The van der Waals surface area contributed by atoms with E-state index in [4.69, 9.17) is 16.3 Å².